The average Bonchev–Trinajstić information content (AvgIpc) is 2.67. The van der Waals surface area contributed by atoms with E-state index in [0.717, 1.165) is 45.3 Å². The fraction of sp³-hybridized carbons (Fsp3) is 0.900. The minimum atomic E-state index is -0.638. The lowest BCUT2D eigenvalue weighted by Gasteiger charge is -2.34. The maximum absolute atomic E-state index is 11.0. The Morgan fingerprint density at radius 2 is 1.93 bits per heavy atom. The van der Waals surface area contributed by atoms with Crippen LogP contribution in [0, 0.1) is 0 Å². The van der Waals surface area contributed by atoms with E-state index >= 15 is 0 Å². The van der Waals surface area contributed by atoms with Crippen molar-refractivity contribution in [3.05, 3.63) is 0 Å². The Morgan fingerprint density at radius 1 is 1.27 bits per heavy atom. The molecule has 2 rings (SSSR count). The fourth-order valence-corrected chi connectivity index (χ4v) is 2.63. The van der Waals surface area contributed by atoms with Gasteiger partial charge in [0.2, 0.25) is 0 Å². The lowest BCUT2D eigenvalue weighted by Crippen LogP contribution is -2.47. The van der Waals surface area contributed by atoms with Gasteiger partial charge in [0.1, 0.15) is 6.04 Å². The topological polar surface area (TPSA) is 52.6 Å². The molecule has 0 spiro atoms. The molecule has 4 nitrogen and oxygen atoms in total. The molecule has 0 aromatic rings. The first-order valence-electron chi connectivity index (χ1n) is 5.48. The third-order valence-corrected chi connectivity index (χ3v) is 3.36. The van der Waals surface area contributed by atoms with Gasteiger partial charge in [0.25, 0.3) is 0 Å². The molecule has 2 aliphatic heterocycles. The monoisotopic (exact) mass is 234 g/mol. The standard InChI is InChI=1S/C10H18N2O2.ClH/c13-10(14)9-2-1-7-12(9)8-3-5-11-6-4-8;/h8-9,11H,1-7H2,(H,13,14);1H. The van der Waals surface area contributed by atoms with Crippen molar-refractivity contribution in [3.8, 4) is 0 Å². The van der Waals surface area contributed by atoms with Crippen molar-refractivity contribution in [3.63, 3.8) is 0 Å². The third kappa shape index (κ3) is 2.83. The van der Waals surface area contributed by atoms with Crippen molar-refractivity contribution in [2.75, 3.05) is 19.6 Å². The molecule has 15 heavy (non-hydrogen) atoms. The van der Waals surface area contributed by atoms with Crippen LogP contribution in [0.25, 0.3) is 0 Å². The van der Waals surface area contributed by atoms with E-state index in [0.29, 0.717) is 6.04 Å². The van der Waals surface area contributed by atoms with Crippen LogP contribution in [0.15, 0.2) is 0 Å². The Morgan fingerprint density at radius 3 is 2.53 bits per heavy atom. The zero-order valence-electron chi connectivity index (χ0n) is 8.82. The van der Waals surface area contributed by atoms with E-state index in [4.69, 9.17) is 5.11 Å². The molecule has 2 N–H and O–H groups in total. The number of piperidine rings is 1. The van der Waals surface area contributed by atoms with Gasteiger partial charge in [0.15, 0.2) is 0 Å². The highest BCUT2D eigenvalue weighted by Crippen LogP contribution is 2.24. The number of hydrogen-bond donors (Lipinski definition) is 2. The van der Waals surface area contributed by atoms with Gasteiger partial charge in [0.05, 0.1) is 0 Å². The van der Waals surface area contributed by atoms with E-state index in [9.17, 15) is 4.79 Å². The average molecular weight is 235 g/mol. The number of likely N-dealkylation sites (tertiary alicyclic amines) is 1. The summed E-state index contributed by atoms with van der Waals surface area (Å²) in [5.74, 6) is -0.638. The fourth-order valence-electron chi connectivity index (χ4n) is 2.63. The summed E-state index contributed by atoms with van der Waals surface area (Å²) in [4.78, 5) is 13.2. The molecule has 0 amide bonds. The van der Waals surface area contributed by atoms with Crippen LogP contribution in [0.4, 0.5) is 0 Å². The van der Waals surface area contributed by atoms with Gasteiger partial charge in [-0.25, -0.2) is 0 Å². The molecule has 2 fully saturated rings. The molecule has 0 aliphatic carbocycles. The smallest absolute Gasteiger partial charge is 0.320 e. The molecule has 1 atom stereocenters. The summed E-state index contributed by atoms with van der Waals surface area (Å²) in [6, 6.07) is 0.290. The highest BCUT2D eigenvalue weighted by atomic mass is 35.5. The minimum absolute atomic E-state index is 0. The summed E-state index contributed by atoms with van der Waals surface area (Å²) in [6.45, 7) is 3.04. The normalized spacial score (nSPS) is 28.7. The Balaban J connectivity index is 0.00000112. The van der Waals surface area contributed by atoms with E-state index in [1.54, 1.807) is 0 Å². The summed E-state index contributed by atoms with van der Waals surface area (Å²) in [7, 11) is 0. The molecule has 88 valence electrons. The van der Waals surface area contributed by atoms with Crippen molar-refractivity contribution in [2.45, 2.75) is 37.8 Å². The van der Waals surface area contributed by atoms with Crippen molar-refractivity contribution >= 4 is 18.4 Å². The maximum atomic E-state index is 11.0. The number of rotatable bonds is 2. The predicted octanol–water partition coefficient (Wildman–Crippen LogP) is 0.709. The molecule has 2 saturated heterocycles. The summed E-state index contributed by atoms with van der Waals surface area (Å²) in [5.41, 5.74) is 0. The van der Waals surface area contributed by atoms with Crippen molar-refractivity contribution in [1.29, 1.82) is 0 Å². The summed E-state index contributed by atoms with van der Waals surface area (Å²) >= 11 is 0. The Labute approximate surface area is 96.4 Å². The maximum Gasteiger partial charge on any atom is 0.320 e. The van der Waals surface area contributed by atoms with Gasteiger partial charge in [-0.1, -0.05) is 0 Å². The first-order chi connectivity index (χ1) is 6.79. The molecule has 0 saturated carbocycles. The van der Waals surface area contributed by atoms with Gasteiger partial charge in [-0.2, -0.15) is 0 Å². The van der Waals surface area contributed by atoms with Crippen LogP contribution in [0.2, 0.25) is 0 Å². The van der Waals surface area contributed by atoms with E-state index in [2.05, 4.69) is 10.2 Å². The first kappa shape index (κ1) is 12.7. The van der Waals surface area contributed by atoms with Crippen LogP contribution in [-0.2, 0) is 4.79 Å². The number of carboxylic acid groups (broad SMARTS) is 1. The van der Waals surface area contributed by atoms with E-state index < -0.39 is 5.97 Å². The zero-order valence-corrected chi connectivity index (χ0v) is 9.63. The van der Waals surface area contributed by atoms with E-state index in [-0.39, 0.29) is 18.4 Å². The lowest BCUT2D eigenvalue weighted by atomic mass is 10.0. The van der Waals surface area contributed by atoms with Crippen molar-refractivity contribution in [2.24, 2.45) is 0 Å². The largest absolute Gasteiger partial charge is 0.480 e. The van der Waals surface area contributed by atoms with Gasteiger partial charge < -0.3 is 10.4 Å². The van der Waals surface area contributed by atoms with Gasteiger partial charge in [-0.3, -0.25) is 9.69 Å². The third-order valence-electron chi connectivity index (χ3n) is 3.36. The molecular formula is C10H19ClN2O2. The Hall–Kier alpha value is -0.320. The van der Waals surface area contributed by atoms with Crippen LogP contribution >= 0.6 is 12.4 Å². The number of aliphatic carboxylic acids is 1. The summed E-state index contributed by atoms with van der Waals surface area (Å²) in [6.07, 6.45) is 4.08. The molecule has 1 unspecified atom stereocenters. The minimum Gasteiger partial charge on any atom is -0.480 e. The zero-order chi connectivity index (χ0) is 9.97. The molecule has 2 aliphatic rings. The Bertz CT molecular complexity index is 219. The van der Waals surface area contributed by atoms with Crippen LogP contribution in [0.5, 0.6) is 0 Å². The second-order valence-electron chi connectivity index (χ2n) is 4.22. The molecule has 0 aromatic heterocycles. The van der Waals surface area contributed by atoms with Crippen molar-refractivity contribution in [1.82, 2.24) is 10.2 Å². The van der Waals surface area contributed by atoms with Crippen LogP contribution in [0.3, 0.4) is 0 Å². The molecular weight excluding hydrogens is 216 g/mol. The molecule has 0 bridgehead atoms. The molecule has 5 heteroatoms. The van der Waals surface area contributed by atoms with Gasteiger partial charge in [0, 0.05) is 6.04 Å². The quantitative estimate of drug-likeness (QED) is 0.739. The number of halogens is 1. The SMILES string of the molecule is Cl.O=C(O)C1CCCN1C1CCNCC1. The second kappa shape index (κ2) is 5.68. The highest BCUT2D eigenvalue weighted by Gasteiger charge is 2.35. The van der Waals surface area contributed by atoms with E-state index in [1.165, 1.54) is 0 Å². The van der Waals surface area contributed by atoms with Gasteiger partial charge >= 0.3 is 5.97 Å². The second-order valence-corrected chi connectivity index (χ2v) is 4.22. The van der Waals surface area contributed by atoms with Crippen LogP contribution < -0.4 is 5.32 Å². The van der Waals surface area contributed by atoms with Gasteiger partial charge in [-0.05, 0) is 45.3 Å². The lowest BCUT2D eigenvalue weighted by molar-refractivity contribution is -0.143. The number of carbonyl (C=O) groups is 1. The number of nitrogens with one attached hydrogen (secondary N) is 1. The number of carboxylic acids is 1. The van der Waals surface area contributed by atoms with Gasteiger partial charge in [-0.15, -0.1) is 12.4 Å². The first-order valence-corrected chi connectivity index (χ1v) is 5.48. The molecule has 2 heterocycles. The molecule has 0 aromatic carbocycles. The van der Waals surface area contributed by atoms with Crippen LogP contribution in [-0.4, -0.2) is 47.7 Å². The highest BCUT2D eigenvalue weighted by molar-refractivity contribution is 5.85. The number of hydrogen-bond acceptors (Lipinski definition) is 3. The predicted molar refractivity (Wildman–Crippen MR) is 60.5 cm³/mol. The van der Waals surface area contributed by atoms with Crippen molar-refractivity contribution < 1.29 is 9.90 Å². The van der Waals surface area contributed by atoms with Crippen LogP contribution in [0.1, 0.15) is 25.7 Å². The summed E-state index contributed by atoms with van der Waals surface area (Å²) in [5, 5.41) is 12.4. The Kier molecular flexibility index (Phi) is 4.83. The summed E-state index contributed by atoms with van der Waals surface area (Å²) < 4.78 is 0. The molecule has 0 radical (unpaired) electrons. The van der Waals surface area contributed by atoms with E-state index in [1.807, 2.05) is 0 Å². The number of nitrogens with zero attached hydrogens (tertiary/aromatic N) is 1.